The molecule has 4 unspecified atom stereocenters. The molecule has 3 fully saturated rings. The summed E-state index contributed by atoms with van der Waals surface area (Å²) >= 11 is 0. The third kappa shape index (κ3) is 3.73. The van der Waals surface area contributed by atoms with Crippen LogP contribution in [-0.2, 0) is 0 Å². The maximum Gasteiger partial charge on any atom is -0.0324 e. The van der Waals surface area contributed by atoms with E-state index in [0.29, 0.717) is 0 Å². The molecule has 22 heavy (non-hydrogen) atoms. The van der Waals surface area contributed by atoms with E-state index in [2.05, 4.69) is 13.8 Å². The van der Waals surface area contributed by atoms with Gasteiger partial charge in [-0.15, -0.1) is 0 Å². The summed E-state index contributed by atoms with van der Waals surface area (Å²) in [5.41, 5.74) is 0. The zero-order valence-corrected chi connectivity index (χ0v) is 15.4. The Balaban J connectivity index is 1.78. The van der Waals surface area contributed by atoms with E-state index in [0.717, 1.165) is 35.5 Å². The van der Waals surface area contributed by atoms with Crippen LogP contribution in [0.4, 0.5) is 0 Å². The molecule has 0 heterocycles. The van der Waals surface area contributed by atoms with Gasteiger partial charge < -0.3 is 0 Å². The molecule has 0 aromatic rings. The molecule has 0 amide bonds. The maximum absolute atomic E-state index is 2.57. The summed E-state index contributed by atoms with van der Waals surface area (Å²) < 4.78 is 0. The molecule has 0 heteroatoms. The van der Waals surface area contributed by atoms with Gasteiger partial charge >= 0.3 is 0 Å². The van der Waals surface area contributed by atoms with Crippen molar-refractivity contribution in [2.24, 2.45) is 35.5 Å². The first-order valence-corrected chi connectivity index (χ1v) is 10.8. The summed E-state index contributed by atoms with van der Waals surface area (Å²) in [6, 6.07) is 0. The average Bonchev–Trinajstić information content (AvgIpc) is 2.62. The van der Waals surface area contributed by atoms with E-state index < -0.39 is 0 Å². The third-order valence-corrected chi connectivity index (χ3v) is 7.89. The molecule has 0 radical (unpaired) electrons. The van der Waals surface area contributed by atoms with Crippen molar-refractivity contribution < 1.29 is 0 Å². The van der Waals surface area contributed by atoms with E-state index in [1.54, 1.807) is 44.9 Å². The Kier molecular flexibility index (Phi) is 6.28. The predicted molar refractivity (Wildman–Crippen MR) is 96.9 cm³/mol. The van der Waals surface area contributed by atoms with Gasteiger partial charge in [0.05, 0.1) is 0 Å². The van der Waals surface area contributed by atoms with Gasteiger partial charge in [0.2, 0.25) is 0 Å². The molecule has 3 rings (SSSR count). The van der Waals surface area contributed by atoms with Crippen LogP contribution < -0.4 is 0 Å². The second kappa shape index (κ2) is 8.20. The van der Waals surface area contributed by atoms with Crippen molar-refractivity contribution in [2.45, 2.75) is 104 Å². The molecule has 0 saturated heterocycles. The molecule has 3 aliphatic carbocycles. The van der Waals surface area contributed by atoms with Crippen molar-refractivity contribution >= 4 is 0 Å². The quantitative estimate of drug-likeness (QED) is 0.514. The second-order valence-electron chi connectivity index (χ2n) is 9.02. The molecule has 0 bridgehead atoms. The summed E-state index contributed by atoms with van der Waals surface area (Å²) in [4.78, 5) is 0. The van der Waals surface area contributed by atoms with Gasteiger partial charge in [-0.2, -0.15) is 0 Å². The van der Waals surface area contributed by atoms with Gasteiger partial charge in [-0.05, 0) is 48.3 Å². The van der Waals surface area contributed by atoms with Gasteiger partial charge in [-0.1, -0.05) is 90.9 Å². The summed E-state index contributed by atoms with van der Waals surface area (Å²) in [5, 5.41) is 0. The minimum atomic E-state index is 0.971. The maximum atomic E-state index is 2.57. The van der Waals surface area contributed by atoms with E-state index >= 15 is 0 Å². The minimum Gasteiger partial charge on any atom is -0.0651 e. The highest BCUT2D eigenvalue weighted by Crippen LogP contribution is 2.52. The molecular weight excluding hydrogens is 264 g/mol. The zero-order valence-electron chi connectivity index (χ0n) is 15.4. The van der Waals surface area contributed by atoms with Crippen molar-refractivity contribution in [3.05, 3.63) is 0 Å². The fourth-order valence-corrected chi connectivity index (χ4v) is 6.59. The van der Waals surface area contributed by atoms with Crippen LogP contribution in [0.5, 0.6) is 0 Å². The first-order valence-electron chi connectivity index (χ1n) is 10.8. The van der Waals surface area contributed by atoms with Gasteiger partial charge in [0.15, 0.2) is 0 Å². The van der Waals surface area contributed by atoms with Crippen LogP contribution >= 0.6 is 0 Å². The van der Waals surface area contributed by atoms with Gasteiger partial charge in [-0.3, -0.25) is 0 Å². The Hall–Kier alpha value is 0. The van der Waals surface area contributed by atoms with Crippen LogP contribution in [0.15, 0.2) is 0 Å². The van der Waals surface area contributed by atoms with Crippen LogP contribution in [0.25, 0.3) is 0 Å². The Morgan fingerprint density at radius 3 is 1.86 bits per heavy atom. The molecule has 128 valence electrons. The standard InChI is InChI=1S/C22H40/c1-3-17(2)20-15-10-16-21(18-11-6-4-7-12-18)22(20)19-13-8-5-9-14-19/h17-22H,3-16H2,1-2H3. The van der Waals surface area contributed by atoms with E-state index in [9.17, 15) is 0 Å². The molecular formula is C22H40. The van der Waals surface area contributed by atoms with Gasteiger partial charge in [-0.25, -0.2) is 0 Å². The molecule has 3 saturated carbocycles. The first kappa shape index (κ1) is 16.8. The molecule has 0 aromatic heterocycles. The smallest absolute Gasteiger partial charge is 0.0324 e. The number of hydrogen-bond acceptors (Lipinski definition) is 0. The van der Waals surface area contributed by atoms with Crippen LogP contribution in [0.1, 0.15) is 104 Å². The monoisotopic (exact) mass is 304 g/mol. The van der Waals surface area contributed by atoms with Crippen molar-refractivity contribution in [3.8, 4) is 0 Å². The summed E-state index contributed by atoms with van der Waals surface area (Å²) in [6.45, 7) is 5.01. The lowest BCUT2D eigenvalue weighted by atomic mass is 9.56. The normalized spacial score (nSPS) is 37.1. The summed E-state index contributed by atoms with van der Waals surface area (Å²) in [7, 11) is 0. The Morgan fingerprint density at radius 2 is 1.27 bits per heavy atom. The molecule has 0 aromatic carbocycles. The van der Waals surface area contributed by atoms with E-state index in [-0.39, 0.29) is 0 Å². The summed E-state index contributed by atoms with van der Waals surface area (Å²) in [5.74, 6) is 6.45. The van der Waals surface area contributed by atoms with Crippen molar-refractivity contribution in [2.75, 3.05) is 0 Å². The highest BCUT2D eigenvalue weighted by Gasteiger charge is 2.43. The van der Waals surface area contributed by atoms with Gasteiger partial charge in [0.25, 0.3) is 0 Å². The van der Waals surface area contributed by atoms with Crippen molar-refractivity contribution in [1.82, 2.24) is 0 Å². The molecule has 4 atom stereocenters. The van der Waals surface area contributed by atoms with Crippen molar-refractivity contribution in [3.63, 3.8) is 0 Å². The highest BCUT2D eigenvalue weighted by molar-refractivity contribution is 4.92. The lowest BCUT2D eigenvalue weighted by Crippen LogP contribution is -2.41. The SMILES string of the molecule is CCC(C)C1CCCC(C2CCCCC2)C1C1CCCCC1. The Morgan fingerprint density at radius 1 is 0.682 bits per heavy atom. The second-order valence-corrected chi connectivity index (χ2v) is 9.02. The third-order valence-electron chi connectivity index (χ3n) is 7.89. The van der Waals surface area contributed by atoms with Crippen LogP contribution in [-0.4, -0.2) is 0 Å². The number of rotatable bonds is 4. The molecule has 0 N–H and O–H groups in total. The van der Waals surface area contributed by atoms with E-state index in [4.69, 9.17) is 0 Å². The average molecular weight is 305 g/mol. The fourth-order valence-electron chi connectivity index (χ4n) is 6.59. The number of hydrogen-bond donors (Lipinski definition) is 0. The van der Waals surface area contributed by atoms with Gasteiger partial charge in [0.1, 0.15) is 0 Å². The highest BCUT2D eigenvalue weighted by atomic mass is 14.5. The predicted octanol–water partition coefficient (Wildman–Crippen LogP) is 7.23. The van der Waals surface area contributed by atoms with E-state index in [1.807, 2.05) is 0 Å². The zero-order chi connectivity index (χ0) is 15.4. The Labute approximate surface area is 139 Å². The van der Waals surface area contributed by atoms with Crippen LogP contribution in [0.3, 0.4) is 0 Å². The molecule has 0 spiro atoms. The first-order chi connectivity index (χ1) is 10.8. The fraction of sp³-hybridized carbons (Fsp3) is 1.00. The molecule has 0 aliphatic heterocycles. The Bertz CT molecular complexity index is 308. The topological polar surface area (TPSA) is 0 Å². The lowest BCUT2D eigenvalue weighted by molar-refractivity contribution is 0.000539. The van der Waals surface area contributed by atoms with E-state index in [1.165, 1.54) is 44.9 Å². The molecule has 3 aliphatic rings. The van der Waals surface area contributed by atoms with Gasteiger partial charge in [0, 0.05) is 0 Å². The molecule has 0 nitrogen and oxygen atoms in total. The van der Waals surface area contributed by atoms with Crippen LogP contribution in [0, 0.1) is 35.5 Å². The van der Waals surface area contributed by atoms with Crippen molar-refractivity contribution in [1.29, 1.82) is 0 Å². The largest absolute Gasteiger partial charge is 0.0651 e. The summed E-state index contributed by atoms with van der Waals surface area (Å²) in [6.07, 6.45) is 21.5. The lowest BCUT2D eigenvalue weighted by Gasteiger charge is -2.49. The minimum absolute atomic E-state index is 0.971. The van der Waals surface area contributed by atoms with Crippen LogP contribution in [0.2, 0.25) is 0 Å².